The van der Waals surface area contributed by atoms with Crippen molar-refractivity contribution in [2.75, 3.05) is 5.32 Å². The van der Waals surface area contributed by atoms with Crippen molar-refractivity contribution in [2.24, 2.45) is 0 Å². The fraction of sp³-hybridized carbons (Fsp3) is 0.167. The third kappa shape index (κ3) is 3.62. The van der Waals surface area contributed by atoms with Crippen LogP contribution in [0.4, 0.5) is 5.69 Å². The number of aryl methyl sites for hydroxylation is 1. The molecule has 1 N–H and O–H groups in total. The third-order valence-corrected chi connectivity index (χ3v) is 5.61. The number of aromatic nitrogens is 2. The summed E-state index contributed by atoms with van der Waals surface area (Å²) in [5.74, 6) is 0.422. The van der Waals surface area contributed by atoms with Crippen LogP contribution in [0, 0.1) is 0 Å². The van der Waals surface area contributed by atoms with E-state index in [-0.39, 0.29) is 11.2 Å². The maximum absolute atomic E-state index is 12.5. The number of halogens is 1. The Bertz CT molecular complexity index is 911. The van der Waals surface area contributed by atoms with Crippen molar-refractivity contribution in [3.63, 3.8) is 0 Å². The summed E-state index contributed by atoms with van der Waals surface area (Å²) >= 11 is 4.71. The van der Waals surface area contributed by atoms with Crippen LogP contribution in [0.15, 0.2) is 62.6 Å². The quantitative estimate of drug-likeness (QED) is 0.679. The number of para-hydroxylation sites is 1. The minimum Gasteiger partial charge on any atom is -0.411 e. The zero-order valence-corrected chi connectivity index (χ0v) is 15.5. The van der Waals surface area contributed by atoms with E-state index in [1.165, 1.54) is 11.8 Å². The van der Waals surface area contributed by atoms with Gasteiger partial charge in [-0.1, -0.05) is 45.9 Å². The van der Waals surface area contributed by atoms with Gasteiger partial charge in [-0.25, -0.2) is 0 Å². The largest absolute Gasteiger partial charge is 0.411 e. The number of thioether (sulfide) groups is 1. The summed E-state index contributed by atoms with van der Waals surface area (Å²) in [4.78, 5) is 12.5. The molecular weight excluding hydrogens is 402 g/mol. The fourth-order valence-corrected chi connectivity index (χ4v) is 3.82. The first-order valence-electron chi connectivity index (χ1n) is 7.84. The monoisotopic (exact) mass is 415 g/mol. The van der Waals surface area contributed by atoms with Crippen molar-refractivity contribution in [1.29, 1.82) is 0 Å². The molecule has 1 aromatic heterocycles. The van der Waals surface area contributed by atoms with Crippen molar-refractivity contribution < 1.29 is 9.21 Å². The van der Waals surface area contributed by atoms with E-state index in [1.54, 1.807) is 0 Å². The molecule has 3 aromatic rings. The van der Waals surface area contributed by atoms with Crippen LogP contribution in [0.2, 0.25) is 0 Å². The molecule has 2 heterocycles. The second kappa shape index (κ2) is 7.01. The van der Waals surface area contributed by atoms with Gasteiger partial charge in [-0.05, 0) is 48.7 Å². The minimum absolute atomic E-state index is 0.0293. The van der Waals surface area contributed by atoms with Gasteiger partial charge >= 0.3 is 0 Å². The van der Waals surface area contributed by atoms with E-state index in [4.69, 9.17) is 4.42 Å². The Hall–Kier alpha value is -2.12. The minimum atomic E-state index is -0.259. The van der Waals surface area contributed by atoms with Crippen LogP contribution in [0.25, 0.3) is 11.5 Å². The van der Waals surface area contributed by atoms with Crippen LogP contribution in [-0.2, 0) is 11.2 Å². The Balaban J connectivity index is 1.49. The number of anilines is 1. The smallest absolute Gasteiger partial charge is 0.277 e. The normalized spacial score (nSPS) is 16.8. The van der Waals surface area contributed by atoms with Crippen molar-refractivity contribution >= 4 is 39.3 Å². The van der Waals surface area contributed by atoms with Gasteiger partial charge in [0, 0.05) is 15.7 Å². The predicted octanol–water partition coefficient (Wildman–Crippen LogP) is 4.54. The molecule has 0 spiro atoms. The van der Waals surface area contributed by atoms with Gasteiger partial charge in [0.15, 0.2) is 0 Å². The topological polar surface area (TPSA) is 68.0 Å². The SMILES string of the molecule is O=C1Nc2ccccc2CC[C@H]1Sc1nnc(-c2ccc(Br)cc2)o1. The lowest BCUT2D eigenvalue weighted by Gasteiger charge is -2.09. The molecule has 7 heteroatoms. The highest BCUT2D eigenvalue weighted by molar-refractivity contribution is 9.10. The molecule has 0 fully saturated rings. The molecule has 5 nitrogen and oxygen atoms in total. The van der Waals surface area contributed by atoms with Crippen molar-refractivity contribution in [3.05, 3.63) is 58.6 Å². The van der Waals surface area contributed by atoms with Gasteiger partial charge < -0.3 is 9.73 Å². The molecule has 1 atom stereocenters. The fourth-order valence-electron chi connectivity index (χ4n) is 2.69. The van der Waals surface area contributed by atoms with Crippen molar-refractivity contribution in [1.82, 2.24) is 10.2 Å². The highest BCUT2D eigenvalue weighted by atomic mass is 79.9. The van der Waals surface area contributed by atoms with E-state index in [9.17, 15) is 4.79 Å². The maximum atomic E-state index is 12.5. The zero-order valence-electron chi connectivity index (χ0n) is 13.1. The van der Waals surface area contributed by atoms with Gasteiger partial charge in [0.05, 0.1) is 5.25 Å². The molecule has 0 radical (unpaired) electrons. The van der Waals surface area contributed by atoms with Crippen LogP contribution >= 0.6 is 27.7 Å². The van der Waals surface area contributed by atoms with Crippen LogP contribution in [0.3, 0.4) is 0 Å². The molecular formula is C18H14BrN3O2S. The first-order valence-corrected chi connectivity index (χ1v) is 9.51. The highest BCUT2D eigenvalue weighted by Crippen LogP contribution is 2.32. The number of carbonyl (C=O) groups excluding carboxylic acids is 1. The molecule has 0 unspecified atom stereocenters. The number of benzene rings is 2. The van der Waals surface area contributed by atoms with E-state index in [0.717, 1.165) is 34.1 Å². The van der Waals surface area contributed by atoms with Gasteiger partial charge in [-0.15, -0.1) is 10.2 Å². The van der Waals surface area contributed by atoms with E-state index in [1.807, 2.05) is 48.5 Å². The first-order chi connectivity index (χ1) is 12.2. The van der Waals surface area contributed by atoms with Crippen molar-refractivity contribution in [2.45, 2.75) is 23.3 Å². The summed E-state index contributed by atoms with van der Waals surface area (Å²) < 4.78 is 6.71. The van der Waals surface area contributed by atoms with Crippen LogP contribution in [-0.4, -0.2) is 21.4 Å². The van der Waals surface area contributed by atoms with Crippen LogP contribution in [0.5, 0.6) is 0 Å². The summed E-state index contributed by atoms with van der Waals surface area (Å²) in [6, 6.07) is 15.5. The number of hydrogen-bond donors (Lipinski definition) is 1. The molecule has 0 saturated heterocycles. The lowest BCUT2D eigenvalue weighted by atomic mass is 10.1. The summed E-state index contributed by atoms with van der Waals surface area (Å²) in [5.41, 5.74) is 2.89. The molecule has 126 valence electrons. The Kier molecular flexibility index (Phi) is 4.59. The number of hydrogen-bond acceptors (Lipinski definition) is 5. The number of rotatable bonds is 3. The number of nitrogens with one attached hydrogen (secondary N) is 1. The lowest BCUT2D eigenvalue weighted by Crippen LogP contribution is -2.23. The summed E-state index contributed by atoms with van der Waals surface area (Å²) in [6.07, 6.45) is 1.56. The standard InChI is InChI=1S/C18H14BrN3O2S/c19-13-8-5-12(6-9-13)17-21-22-18(24-17)25-15-10-7-11-3-1-2-4-14(11)20-16(15)23/h1-6,8-9,15H,7,10H2,(H,20,23)/t15-/m1/s1. The Labute approximate surface area is 157 Å². The highest BCUT2D eigenvalue weighted by Gasteiger charge is 2.26. The van der Waals surface area contributed by atoms with Gasteiger partial charge in [0.25, 0.3) is 5.22 Å². The maximum Gasteiger partial charge on any atom is 0.277 e. The second-order valence-electron chi connectivity index (χ2n) is 5.67. The van der Waals surface area contributed by atoms with Crippen LogP contribution in [0.1, 0.15) is 12.0 Å². The van der Waals surface area contributed by atoms with Crippen LogP contribution < -0.4 is 5.32 Å². The average molecular weight is 416 g/mol. The molecule has 1 aliphatic heterocycles. The van der Waals surface area contributed by atoms with Gasteiger partial charge in [-0.3, -0.25) is 4.79 Å². The average Bonchev–Trinajstić information content (AvgIpc) is 3.02. The predicted molar refractivity (Wildman–Crippen MR) is 100 cm³/mol. The molecule has 1 aliphatic rings. The Morgan fingerprint density at radius 3 is 2.76 bits per heavy atom. The molecule has 0 bridgehead atoms. The molecule has 2 aromatic carbocycles. The van der Waals surface area contributed by atoms with Gasteiger partial charge in [0.1, 0.15) is 0 Å². The van der Waals surface area contributed by atoms with Gasteiger partial charge in [-0.2, -0.15) is 0 Å². The third-order valence-electron chi connectivity index (χ3n) is 3.98. The molecule has 0 saturated carbocycles. The first kappa shape index (κ1) is 16.4. The number of carbonyl (C=O) groups is 1. The Morgan fingerprint density at radius 1 is 1.12 bits per heavy atom. The lowest BCUT2D eigenvalue weighted by molar-refractivity contribution is -0.115. The second-order valence-corrected chi connectivity index (χ2v) is 7.74. The van der Waals surface area contributed by atoms with Crippen molar-refractivity contribution in [3.8, 4) is 11.5 Å². The molecule has 25 heavy (non-hydrogen) atoms. The van der Waals surface area contributed by atoms with E-state index in [0.29, 0.717) is 11.1 Å². The number of nitrogens with zero attached hydrogens (tertiary/aromatic N) is 2. The summed E-state index contributed by atoms with van der Waals surface area (Å²) in [5, 5.41) is 11.3. The molecule has 0 aliphatic carbocycles. The van der Waals surface area contributed by atoms with Gasteiger partial charge in [0.2, 0.25) is 11.8 Å². The number of amides is 1. The molecule has 4 rings (SSSR count). The van der Waals surface area contributed by atoms with E-state index < -0.39 is 0 Å². The summed E-state index contributed by atoms with van der Waals surface area (Å²) in [7, 11) is 0. The van der Waals surface area contributed by atoms with E-state index >= 15 is 0 Å². The Morgan fingerprint density at radius 2 is 1.92 bits per heavy atom. The number of fused-ring (bicyclic) bond motifs is 1. The zero-order chi connectivity index (χ0) is 17.2. The summed E-state index contributed by atoms with van der Waals surface area (Å²) in [6.45, 7) is 0. The van der Waals surface area contributed by atoms with E-state index in [2.05, 4.69) is 31.4 Å². The molecule has 1 amide bonds.